The second-order valence-corrected chi connectivity index (χ2v) is 4.39. The fraction of sp³-hybridized carbons (Fsp3) is 0. The zero-order valence-corrected chi connectivity index (χ0v) is 11.5. The van der Waals surface area contributed by atoms with E-state index in [2.05, 4.69) is 10.3 Å². The normalized spacial score (nSPS) is 10.0. The molecule has 0 spiro atoms. The van der Waals surface area contributed by atoms with Gasteiger partial charge >= 0.3 is 0 Å². The molecule has 2 aromatic rings. The number of nitrogens with zero attached hydrogens (tertiary/aromatic N) is 3. The summed E-state index contributed by atoms with van der Waals surface area (Å²) in [5.74, 6) is -0.659. The number of rotatable bonds is 4. The smallest absolute Gasteiger partial charge is 0.295 e. The summed E-state index contributed by atoms with van der Waals surface area (Å²) in [5, 5.41) is 23.6. The zero-order chi connectivity index (χ0) is 16.3. The number of nitrogens with one attached hydrogen (secondary N) is 1. The van der Waals surface area contributed by atoms with E-state index in [0.29, 0.717) is 6.07 Å². The van der Waals surface area contributed by atoms with Crippen LogP contribution < -0.4 is 5.32 Å². The molecule has 0 bridgehead atoms. The van der Waals surface area contributed by atoms with Crippen LogP contribution in [0, 0.1) is 20.2 Å². The highest BCUT2D eigenvalue weighted by Gasteiger charge is 2.26. The Kier molecular flexibility index (Phi) is 4.28. The van der Waals surface area contributed by atoms with Crippen molar-refractivity contribution in [2.75, 3.05) is 5.32 Å². The van der Waals surface area contributed by atoms with Crippen LogP contribution in [-0.2, 0) is 0 Å². The largest absolute Gasteiger partial charge is 0.307 e. The van der Waals surface area contributed by atoms with Gasteiger partial charge in [-0.2, -0.15) is 0 Å². The summed E-state index contributed by atoms with van der Waals surface area (Å²) in [6.45, 7) is 0. The Labute approximate surface area is 127 Å². The number of nitro benzene ring substituents is 2. The fourth-order valence-corrected chi connectivity index (χ4v) is 1.88. The van der Waals surface area contributed by atoms with Crippen LogP contribution in [0.2, 0.25) is 5.02 Å². The number of pyridine rings is 1. The van der Waals surface area contributed by atoms with E-state index in [1.165, 1.54) is 12.3 Å². The van der Waals surface area contributed by atoms with Gasteiger partial charge in [-0.05, 0) is 12.1 Å². The second-order valence-electron chi connectivity index (χ2n) is 4.01. The number of benzene rings is 1. The lowest BCUT2D eigenvalue weighted by atomic mass is 10.1. The molecule has 0 aliphatic carbocycles. The molecule has 0 atom stereocenters. The first-order chi connectivity index (χ1) is 10.4. The number of anilines is 1. The van der Waals surface area contributed by atoms with Gasteiger partial charge in [-0.3, -0.25) is 25.0 Å². The first-order valence-corrected chi connectivity index (χ1v) is 6.12. The van der Waals surface area contributed by atoms with Gasteiger partial charge in [-0.15, -0.1) is 0 Å². The van der Waals surface area contributed by atoms with E-state index in [9.17, 15) is 25.0 Å². The van der Waals surface area contributed by atoms with Crippen LogP contribution in [0.1, 0.15) is 10.4 Å². The Morgan fingerprint density at radius 3 is 2.45 bits per heavy atom. The molecule has 0 aliphatic rings. The number of amides is 1. The molecule has 1 heterocycles. The van der Waals surface area contributed by atoms with Gasteiger partial charge in [0, 0.05) is 12.3 Å². The molecule has 10 heteroatoms. The van der Waals surface area contributed by atoms with E-state index in [1.54, 1.807) is 12.1 Å². The molecule has 9 nitrogen and oxygen atoms in total. The van der Waals surface area contributed by atoms with Crippen LogP contribution in [0.15, 0.2) is 36.5 Å². The van der Waals surface area contributed by atoms with Gasteiger partial charge in [0.1, 0.15) is 10.8 Å². The van der Waals surface area contributed by atoms with E-state index in [4.69, 9.17) is 11.6 Å². The van der Waals surface area contributed by atoms with Gasteiger partial charge in [0.25, 0.3) is 17.3 Å². The van der Waals surface area contributed by atoms with Crippen LogP contribution >= 0.6 is 11.6 Å². The molecule has 0 unspecified atom stereocenters. The molecule has 0 radical (unpaired) electrons. The van der Waals surface area contributed by atoms with Gasteiger partial charge in [0.15, 0.2) is 0 Å². The number of hydrogen-bond donors (Lipinski definition) is 1. The van der Waals surface area contributed by atoms with Crippen molar-refractivity contribution >= 4 is 34.7 Å². The number of nitro groups is 2. The van der Waals surface area contributed by atoms with Gasteiger partial charge in [0.2, 0.25) is 0 Å². The monoisotopic (exact) mass is 322 g/mol. The van der Waals surface area contributed by atoms with Crippen LogP contribution in [-0.4, -0.2) is 20.7 Å². The maximum atomic E-state index is 12.1. The van der Waals surface area contributed by atoms with Gasteiger partial charge in [-0.25, -0.2) is 4.98 Å². The Morgan fingerprint density at radius 2 is 1.91 bits per heavy atom. The molecule has 112 valence electrons. The minimum atomic E-state index is -0.896. The summed E-state index contributed by atoms with van der Waals surface area (Å²) in [6.07, 6.45) is 1.42. The number of aromatic nitrogens is 1. The molecule has 0 fully saturated rings. The number of halogens is 1. The maximum Gasteiger partial charge on any atom is 0.295 e. The highest BCUT2D eigenvalue weighted by atomic mass is 35.5. The minimum absolute atomic E-state index is 0.178. The summed E-state index contributed by atoms with van der Waals surface area (Å²) in [7, 11) is 0. The Hall–Kier alpha value is -3.07. The Balaban J connectivity index is 2.47. The van der Waals surface area contributed by atoms with Crippen LogP contribution in [0.5, 0.6) is 0 Å². The number of carbonyl (C=O) groups excluding carboxylic acids is 1. The third-order valence-corrected chi connectivity index (χ3v) is 2.99. The van der Waals surface area contributed by atoms with E-state index >= 15 is 0 Å². The minimum Gasteiger partial charge on any atom is -0.307 e. The SMILES string of the molecule is O=C(Nc1ccccn1)c1cc([N+](=O)[O-])cc([N+](=O)[O-])c1Cl. The Morgan fingerprint density at radius 1 is 1.18 bits per heavy atom. The zero-order valence-electron chi connectivity index (χ0n) is 10.7. The molecule has 1 aromatic heterocycles. The first-order valence-electron chi connectivity index (χ1n) is 5.75. The van der Waals surface area contributed by atoms with Crippen molar-refractivity contribution in [3.05, 3.63) is 67.3 Å². The van der Waals surface area contributed by atoms with E-state index < -0.39 is 32.2 Å². The summed E-state index contributed by atoms with van der Waals surface area (Å²) < 4.78 is 0. The van der Waals surface area contributed by atoms with Crippen LogP contribution in [0.25, 0.3) is 0 Å². The lowest BCUT2D eigenvalue weighted by Crippen LogP contribution is -2.14. The van der Waals surface area contributed by atoms with Gasteiger partial charge < -0.3 is 5.32 Å². The Bertz CT molecular complexity index is 766. The maximum absolute atomic E-state index is 12.1. The van der Waals surface area contributed by atoms with Crippen molar-refractivity contribution in [1.29, 1.82) is 0 Å². The summed E-state index contributed by atoms with van der Waals surface area (Å²) in [5.41, 5.74) is -1.71. The molecule has 1 N–H and O–H groups in total. The van der Waals surface area contributed by atoms with Crippen LogP contribution in [0.4, 0.5) is 17.2 Å². The third-order valence-electron chi connectivity index (χ3n) is 2.60. The van der Waals surface area contributed by atoms with Crippen molar-refractivity contribution in [1.82, 2.24) is 4.98 Å². The molecule has 0 saturated carbocycles. The average molecular weight is 323 g/mol. The molecule has 1 aromatic carbocycles. The topological polar surface area (TPSA) is 128 Å². The van der Waals surface area contributed by atoms with E-state index in [1.807, 2.05) is 0 Å². The highest BCUT2D eigenvalue weighted by molar-refractivity contribution is 6.36. The summed E-state index contributed by atoms with van der Waals surface area (Å²) in [4.78, 5) is 35.9. The predicted molar refractivity (Wildman–Crippen MR) is 77.0 cm³/mol. The molecular weight excluding hydrogens is 316 g/mol. The standard InChI is InChI=1S/C12H7ClN4O5/c13-11-8(12(18)15-10-3-1-2-4-14-10)5-7(16(19)20)6-9(11)17(21)22/h1-6H,(H,14,15,18). The van der Waals surface area contributed by atoms with Crippen molar-refractivity contribution in [2.45, 2.75) is 0 Å². The first kappa shape index (κ1) is 15.3. The predicted octanol–water partition coefficient (Wildman–Crippen LogP) is 2.80. The summed E-state index contributed by atoms with van der Waals surface area (Å²) in [6, 6.07) is 6.28. The van der Waals surface area contributed by atoms with Gasteiger partial charge in [-0.1, -0.05) is 17.7 Å². The number of carbonyl (C=O) groups is 1. The number of hydrogen-bond acceptors (Lipinski definition) is 6. The second kappa shape index (κ2) is 6.14. The van der Waals surface area contributed by atoms with Crippen molar-refractivity contribution in [3.63, 3.8) is 0 Å². The third kappa shape index (κ3) is 3.15. The fourth-order valence-electron chi connectivity index (χ4n) is 1.62. The van der Waals surface area contributed by atoms with Crippen LogP contribution in [0.3, 0.4) is 0 Å². The molecular formula is C12H7ClN4O5. The highest BCUT2D eigenvalue weighted by Crippen LogP contribution is 2.33. The van der Waals surface area contributed by atoms with E-state index in [-0.39, 0.29) is 11.4 Å². The molecule has 22 heavy (non-hydrogen) atoms. The lowest BCUT2D eigenvalue weighted by Gasteiger charge is -2.06. The number of non-ortho nitro benzene ring substituents is 1. The molecule has 1 amide bonds. The van der Waals surface area contributed by atoms with Crippen molar-refractivity contribution < 1.29 is 14.6 Å². The van der Waals surface area contributed by atoms with Crippen molar-refractivity contribution in [2.24, 2.45) is 0 Å². The van der Waals surface area contributed by atoms with Crippen molar-refractivity contribution in [3.8, 4) is 0 Å². The molecule has 0 saturated heterocycles. The average Bonchev–Trinajstić information content (AvgIpc) is 2.47. The quantitative estimate of drug-likeness (QED) is 0.680. The summed E-state index contributed by atoms with van der Waals surface area (Å²) >= 11 is 5.80. The lowest BCUT2D eigenvalue weighted by molar-refractivity contribution is -0.394. The van der Waals surface area contributed by atoms with Gasteiger partial charge in [0.05, 0.1) is 21.5 Å². The molecule has 2 rings (SSSR count). The van der Waals surface area contributed by atoms with E-state index in [0.717, 1.165) is 6.07 Å². The molecule has 0 aliphatic heterocycles.